The van der Waals surface area contributed by atoms with Crippen LogP contribution in [0.25, 0.3) is 22.0 Å². The molecule has 6 heteroatoms. The maximum absolute atomic E-state index is 14.6. The summed E-state index contributed by atoms with van der Waals surface area (Å²) >= 11 is 0. The fourth-order valence-corrected chi connectivity index (χ4v) is 3.22. The second kappa shape index (κ2) is 6.37. The summed E-state index contributed by atoms with van der Waals surface area (Å²) in [5, 5.41) is 11.6. The van der Waals surface area contributed by atoms with Gasteiger partial charge in [0, 0.05) is 17.0 Å². The summed E-state index contributed by atoms with van der Waals surface area (Å²) in [5.41, 5.74) is 8.92. The van der Waals surface area contributed by atoms with Crippen molar-refractivity contribution in [2.45, 2.75) is 32.2 Å². The molecule has 1 aromatic heterocycles. The number of amides is 1. The van der Waals surface area contributed by atoms with Gasteiger partial charge in [0.15, 0.2) is 5.69 Å². The molecule has 1 aliphatic carbocycles. The molecule has 3 N–H and O–H groups in total. The first-order chi connectivity index (χ1) is 12.5. The van der Waals surface area contributed by atoms with Crippen molar-refractivity contribution in [3.8, 4) is 11.1 Å². The molecule has 1 saturated carbocycles. The van der Waals surface area contributed by atoms with Crippen LogP contribution < -0.4 is 11.1 Å². The average molecular weight is 350 g/mol. The summed E-state index contributed by atoms with van der Waals surface area (Å²) in [6, 6.07) is 10.6. The van der Waals surface area contributed by atoms with Crippen molar-refractivity contribution < 1.29 is 9.18 Å². The van der Waals surface area contributed by atoms with E-state index in [2.05, 4.69) is 15.5 Å². The molecule has 0 atom stereocenters. The molecule has 1 fully saturated rings. The Balaban J connectivity index is 1.83. The molecule has 1 heterocycles. The van der Waals surface area contributed by atoms with Gasteiger partial charge in [0.05, 0.1) is 5.69 Å². The lowest BCUT2D eigenvalue weighted by molar-refractivity contribution is 0.0912. The maximum atomic E-state index is 14.6. The van der Waals surface area contributed by atoms with Gasteiger partial charge in [-0.05, 0) is 43.9 Å². The van der Waals surface area contributed by atoms with Crippen LogP contribution in [-0.2, 0) is 0 Å². The second-order valence-electron chi connectivity index (χ2n) is 6.75. The largest absolute Gasteiger partial charge is 0.396 e. The molecule has 132 valence electrons. The second-order valence-corrected chi connectivity index (χ2v) is 6.75. The highest BCUT2D eigenvalue weighted by molar-refractivity contribution is 6.07. The highest BCUT2D eigenvalue weighted by Gasteiger charge is 2.24. The number of carbonyl (C=O) groups excluding carboxylic acids is 1. The van der Waals surface area contributed by atoms with E-state index >= 15 is 0 Å². The van der Waals surface area contributed by atoms with Gasteiger partial charge >= 0.3 is 0 Å². The molecule has 0 aliphatic heterocycles. The van der Waals surface area contributed by atoms with E-state index in [4.69, 9.17) is 5.73 Å². The first-order valence-electron chi connectivity index (χ1n) is 8.67. The van der Waals surface area contributed by atoms with E-state index in [0.717, 1.165) is 24.8 Å². The highest BCUT2D eigenvalue weighted by atomic mass is 19.1. The molecule has 5 nitrogen and oxygen atoms in total. The number of halogens is 1. The van der Waals surface area contributed by atoms with E-state index in [1.54, 1.807) is 6.07 Å². The lowest BCUT2D eigenvalue weighted by Gasteiger charge is -2.26. The van der Waals surface area contributed by atoms with Crippen molar-refractivity contribution in [2.24, 2.45) is 0 Å². The molecule has 0 spiro atoms. The Morgan fingerprint density at radius 1 is 1.23 bits per heavy atom. The zero-order chi connectivity index (χ0) is 18.3. The van der Waals surface area contributed by atoms with Crippen LogP contribution in [0.1, 0.15) is 35.3 Å². The van der Waals surface area contributed by atoms with Gasteiger partial charge in [0.2, 0.25) is 0 Å². The highest BCUT2D eigenvalue weighted by Crippen LogP contribution is 2.33. The number of nitrogens with one attached hydrogen (secondary N) is 1. The van der Waals surface area contributed by atoms with Crippen molar-refractivity contribution in [3.05, 3.63) is 53.5 Å². The molecule has 0 unspecified atom stereocenters. The third-order valence-electron chi connectivity index (χ3n) is 4.88. The van der Waals surface area contributed by atoms with E-state index in [-0.39, 0.29) is 23.3 Å². The third kappa shape index (κ3) is 2.77. The number of fused-ring (bicyclic) bond motifs is 1. The molecular weight excluding hydrogens is 331 g/mol. The number of hydrogen-bond acceptors (Lipinski definition) is 4. The third-order valence-corrected chi connectivity index (χ3v) is 4.88. The minimum Gasteiger partial charge on any atom is -0.396 e. The minimum atomic E-state index is -0.400. The number of benzene rings is 2. The van der Waals surface area contributed by atoms with Crippen LogP contribution in [0.4, 0.5) is 10.1 Å². The monoisotopic (exact) mass is 350 g/mol. The molecule has 3 aromatic rings. The van der Waals surface area contributed by atoms with Crippen molar-refractivity contribution >= 4 is 22.5 Å². The van der Waals surface area contributed by atoms with Gasteiger partial charge in [0.1, 0.15) is 11.3 Å². The number of nitrogen functional groups attached to an aromatic ring is 1. The van der Waals surface area contributed by atoms with Crippen molar-refractivity contribution in [1.29, 1.82) is 0 Å². The molecule has 1 aliphatic rings. The van der Waals surface area contributed by atoms with Crippen LogP contribution >= 0.6 is 0 Å². The van der Waals surface area contributed by atoms with Gasteiger partial charge < -0.3 is 11.1 Å². The molecule has 26 heavy (non-hydrogen) atoms. The summed E-state index contributed by atoms with van der Waals surface area (Å²) in [7, 11) is 0. The van der Waals surface area contributed by atoms with Gasteiger partial charge in [0.25, 0.3) is 5.91 Å². The van der Waals surface area contributed by atoms with Crippen LogP contribution in [0.5, 0.6) is 0 Å². The zero-order valence-electron chi connectivity index (χ0n) is 14.4. The van der Waals surface area contributed by atoms with Crippen LogP contribution in [0, 0.1) is 12.7 Å². The Morgan fingerprint density at radius 2 is 2.04 bits per heavy atom. The van der Waals surface area contributed by atoms with Gasteiger partial charge in [-0.25, -0.2) is 4.39 Å². The quantitative estimate of drug-likeness (QED) is 0.756. The molecule has 0 saturated heterocycles. The van der Waals surface area contributed by atoms with Gasteiger partial charge in [-0.1, -0.05) is 29.8 Å². The first kappa shape index (κ1) is 16.4. The average Bonchev–Trinajstić information content (AvgIpc) is 2.58. The molecule has 0 bridgehead atoms. The molecule has 1 amide bonds. The Kier molecular flexibility index (Phi) is 4.03. The van der Waals surface area contributed by atoms with Crippen molar-refractivity contribution in [1.82, 2.24) is 15.5 Å². The fourth-order valence-electron chi connectivity index (χ4n) is 3.22. The predicted molar refractivity (Wildman–Crippen MR) is 99.2 cm³/mol. The van der Waals surface area contributed by atoms with E-state index in [1.807, 2.05) is 31.2 Å². The van der Waals surface area contributed by atoms with Gasteiger partial charge in [-0.3, -0.25) is 4.79 Å². The van der Waals surface area contributed by atoms with E-state index in [1.165, 1.54) is 6.07 Å². The maximum Gasteiger partial charge on any atom is 0.274 e. The van der Waals surface area contributed by atoms with Crippen LogP contribution in [0.15, 0.2) is 36.4 Å². The lowest BCUT2D eigenvalue weighted by atomic mass is 9.93. The predicted octanol–water partition coefficient (Wildman–Crippen LogP) is 3.61. The number of aryl methyl sites for hydroxylation is 1. The van der Waals surface area contributed by atoms with E-state index < -0.39 is 5.82 Å². The van der Waals surface area contributed by atoms with Crippen LogP contribution in [0.3, 0.4) is 0 Å². The Hall–Kier alpha value is -3.02. The van der Waals surface area contributed by atoms with Crippen molar-refractivity contribution in [3.63, 3.8) is 0 Å². The number of anilines is 1. The summed E-state index contributed by atoms with van der Waals surface area (Å²) in [5.74, 6) is -0.730. The molecular formula is C20H19FN4O. The number of aromatic nitrogens is 2. The summed E-state index contributed by atoms with van der Waals surface area (Å²) in [6.45, 7) is 1.94. The molecule has 2 aromatic carbocycles. The minimum absolute atomic E-state index is 0.0891. The number of nitrogens with two attached hydrogens (primary N) is 1. The summed E-state index contributed by atoms with van der Waals surface area (Å²) in [6.07, 6.45) is 3.05. The van der Waals surface area contributed by atoms with Crippen LogP contribution in [-0.4, -0.2) is 22.1 Å². The van der Waals surface area contributed by atoms with Crippen molar-refractivity contribution in [2.75, 3.05) is 5.73 Å². The van der Waals surface area contributed by atoms with Gasteiger partial charge in [-0.2, -0.15) is 0 Å². The summed E-state index contributed by atoms with van der Waals surface area (Å²) < 4.78 is 14.6. The number of rotatable bonds is 3. The Morgan fingerprint density at radius 3 is 2.73 bits per heavy atom. The zero-order valence-corrected chi connectivity index (χ0v) is 14.4. The smallest absolute Gasteiger partial charge is 0.274 e. The number of carbonyl (C=O) groups is 1. The Labute approximate surface area is 150 Å². The Bertz CT molecular complexity index is 1010. The topological polar surface area (TPSA) is 80.9 Å². The first-order valence-corrected chi connectivity index (χ1v) is 8.67. The fraction of sp³-hybridized carbons (Fsp3) is 0.250. The van der Waals surface area contributed by atoms with E-state index in [9.17, 15) is 9.18 Å². The number of nitrogens with zero attached hydrogens (tertiary/aromatic N) is 2. The van der Waals surface area contributed by atoms with Crippen LogP contribution in [0.2, 0.25) is 0 Å². The lowest BCUT2D eigenvalue weighted by Crippen LogP contribution is -2.40. The normalized spacial score (nSPS) is 14.2. The SMILES string of the molecule is Cc1cccc(-c2c(F)ccc3c(N)c(C(=O)NC4CCC4)nnc23)c1. The molecule has 0 radical (unpaired) electrons. The standard InChI is InChI=1S/C20H19FN4O/c1-11-4-2-5-12(10-11)16-15(21)9-8-14-17(22)19(25-24-18(14)16)20(26)23-13-6-3-7-13/h2,4-5,8-10,13H,3,6-7H2,1H3,(H2,22,24)(H,23,26). The van der Waals surface area contributed by atoms with E-state index in [0.29, 0.717) is 22.0 Å². The number of hydrogen-bond donors (Lipinski definition) is 2. The molecule has 4 rings (SSSR count). The summed E-state index contributed by atoms with van der Waals surface area (Å²) in [4.78, 5) is 12.4. The van der Waals surface area contributed by atoms with Gasteiger partial charge in [-0.15, -0.1) is 10.2 Å².